The normalized spacial score (nSPS) is 44.9. The summed E-state index contributed by atoms with van der Waals surface area (Å²) in [5, 5.41) is 0. The van der Waals surface area contributed by atoms with E-state index in [-0.39, 0.29) is 0 Å². The lowest BCUT2D eigenvalue weighted by Gasteiger charge is -2.44. The van der Waals surface area contributed by atoms with Gasteiger partial charge < -0.3 is 0 Å². The molecule has 0 nitrogen and oxygen atoms in total. The van der Waals surface area contributed by atoms with Crippen molar-refractivity contribution in [3.8, 4) is 0 Å². The molecule has 0 aromatic heterocycles. The first-order valence-corrected chi connectivity index (χ1v) is 3.80. The van der Waals surface area contributed by atoms with Gasteiger partial charge in [-0.1, -0.05) is 26.0 Å². The van der Waals surface area contributed by atoms with Crippen LogP contribution in [0.1, 0.15) is 26.7 Å². The third-order valence-electron chi connectivity index (χ3n) is 3.47. The molecule has 0 amide bonds. The van der Waals surface area contributed by atoms with Crippen LogP contribution in [0.2, 0.25) is 0 Å². The van der Waals surface area contributed by atoms with E-state index >= 15 is 0 Å². The molecular weight excluding hydrogens is 108 g/mol. The van der Waals surface area contributed by atoms with Crippen molar-refractivity contribution < 1.29 is 0 Å². The minimum atomic E-state index is 0.622. The van der Waals surface area contributed by atoms with E-state index in [0.29, 0.717) is 5.41 Å². The Morgan fingerprint density at radius 3 is 2.33 bits per heavy atom. The Kier molecular flexibility index (Phi) is 0.769. The standard InChI is InChI=1S/C9H14/c1-6-4-7-5-8(6)9(7,2)3/h7-8H,1,4-5H2,2-3H3. The molecule has 3 fully saturated rings. The van der Waals surface area contributed by atoms with Crippen LogP contribution in [0.25, 0.3) is 0 Å². The molecule has 0 heteroatoms. The van der Waals surface area contributed by atoms with Crippen LogP contribution in [-0.4, -0.2) is 0 Å². The Bertz CT molecular complexity index is 165. The second kappa shape index (κ2) is 1.25. The maximum atomic E-state index is 4.07. The van der Waals surface area contributed by atoms with E-state index in [2.05, 4.69) is 20.4 Å². The Labute approximate surface area is 57.0 Å². The summed E-state index contributed by atoms with van der Waals surface area (Å²) in [4.78, 5) is 0. The van der Waals surface area contributed by atoms with Crippen molar-refractivity contribution in [3.05, 3.63) is 12.2 Å². The average Bonchev–Trinajstić information content (AvgIpc) is 2.20. The smallest absolute Gasteiger partial charge is 0.0149 e. The van der Waals surface area contributed by atoms with E-state index in [9.17, 15) is 0 Å². The molecule has 0 radical (unpaired) electrons. The molecule has 0 N–H and O–H groups in total. The molecule has 2 unspecified atom stereocenters. The van der Waals surface area contributed by atoms with Gasteiger partial charge in [-0.05, 0) is 30.1 Å². The van der Waals surface area contributed by atoms with Gasteiger partial charge >= 0.3 is 0 Å². The summed E-state index contributed by atoms with van der Waals surface area (Å²) in [6, 6.07) is 0. The summed E-state index contributed by atoms with van der Waals surface area (Å²) >= 11 is 0. The highest BCUT2D eigenvalue weighted by Crippen LogP contribution is 2.63. The molecule has 50 valence electrons. The summed E-state index contributed by atoms with van der Waals surface area (Å²) in [5.41, 5.74) is 2.14. The SMILES string of the molecule is C=C1CC2CC1C2(C)C. The molecule has 3 saturated carbocycles. The van der Waals surface area contributed by atoms with Gasteiger partial charge in [0.25, 0.3) is 0 Å². The van der Waals surface area contributed by atoms with Gasteiger partial charge in [0.15, 0.2) is 0 Å². The topological polar surface area (TPSA) is 0 Å². The first-order chi connectivity index (χ1) is 4.12. The number of fused-ring (bicyclic) bond motifs is 1. The molecular formula is C9H14. The lowest BCUT2D eigenvalue weighted by Crippen LogP contribution is -2.36. The zero-order valence-electron chi connectivity index (χ0n) is 6.28. The molecule has 0 heterocycles. The van der Waals surface area contributed by atoms with Crippen LogP contribution in [0.4, 0.5) is 0 Å². The minimum absolute atomic E-state index is 0.622. The fourth-order valence-electron chi connectivity index (χ4n) is 2.51. The quantitative estimate of drug-likeness (QED) is 0.433. The Hall–Kier alpha value is -0.260. The van der Waals surface area contributed by atoms with Crippen molar-refractivity contribution >= 4 is 0 Å². The van der Waals surface area contributed by atoms with Crippen LogP contribution in [0.15, 0.2) is 12.2 Å². The highest BCUT2D eigenvalue weighted by atomic mass is 14.6. The van der Waals surface area contributed by atoms with Crippen molar-refractivity contribution in [3.63, 3.8) is 0 Å². The van der Waals surface area contributed by atoms with Gasteiger partial charge in [0, 0.05) is 0 Å². The van der Waals surface area contributed by atoms with Gasteiger partial charge in [0.1, 0.15) is 0 Å². The van der Waals surface area contributed by atoms with Crippen molar-refractivity contribution in [1.82, 2.24) is 0 Å². The molecule has 2 atom stereocenters. The lowest BCUT2D eigenvalue weighted by molar-refractivity contribution is 0.0617. The molecule has 3 aliphatic carbocycles. The van der Waals surface area contributed by atoms with Gasteiger partial charge in [0.2, 0.25) is 0 Å². The molecule has 3 aliphatic rings. The molecule has 0 aromatic rings. The fourth-order valence-corrected chi connectivity index (χ4v) is 2.51. The first-order valence-electron chi connectivity index (χ1n) is 3.80. The summed E-state index contributed by atoms with van der Waals surface area (Å²) in [7, 11) is 0. The molecule has 0 spiro atoms. The van der Waals surface area contributed by atoms with Crippen LogP contribution in [0, 0.1) is 17.3 Å². The van der Waals surface area contributed by atoms with E-state index in [0.717, 1.165) is 11.8 Å². The van der Waals surface area contributed by atoms with Crippen molar-refractivity contribution in [1.29, 1.82) is 0 Å². The molecule has 2 bridgehead atoms. The Morgan fingerprint density at radius 2 is 2.22 bits per heavy atom. The largest absolute Gasteiger partial charge is 0.0995 e. The first kappa shape index (κ1) is 5.52. The van der Waals surface area contributed by atoms with Gasteiger partial charge in [-0.15, -0.1) is 0 Å². The van der Waals surface area contributed by atoms with E-state index in [1.54, 1.807) is 0 Å². The molecule has 9 heavy (non-hydrogen) atoms. The molecule has 0 aliphatic heterocycles. The molecule has 0 aromatic carbocycles. The van der Waals surface area contributed by atoms with Crippen LogP contribution < -0.4 is 0 Å². The van der Waals surface area contributed by atoms with Crippen LogP contribution >= 0.6 is 0 Å². The third-order valence-corrected chi connectivity index (χ3v) is 3.47. The van der Waals surface area contributed by atoms with Gasteiger partial charge in [-0.2, -0.15) is 0 Å². The van der Waals surface area contributed by atoms with E-state index in [1.807, 2.05) is 0 Å². The number of hydrogen-bond donors (Lipinski definition) is 0. The number of hydrogen-bond acceptors (Lipinski definition) is 0. The van der Waals surface area contributed by atoms with Gasteiger partial charge in [0.05, 0.1) is 0 Å². The van der Waals surface area contributed by atoms with E-state index in [4.69, 9.17) is 0 Å². The van der Waals surface area contributed by atoms with Crippen LogP contribution in [0.3, 0.4) is 0 Å². The fraction of sp³-hybridized carbons (Fsp3) is 0.778. The third kappa shape index (κ3) is 0.452. The highest BCUT2D eigenvalue weighted by Gasteiger charge is 2.54. The maximum absolute atomic E-state index is 4.07. The number of rotatable bonds is 0. The predicted octanol–water partition coefficient (Wildman–Crippen LogP) is 2.61. The molecule has 0 saturated heterocycles. The zero-order chi connectivity index (χ0) is 6.65. The number of allylic oxidation sites excluding steroid dienone is 1. The Morgan fingerprint density at radius 1 is 1.56 bits per heavy atom. The summed E-state index contributed by atoms with van der Waals surface area (Å²) < 4.78 is 0. The summed E-state index contributed by atoms with van der Waals surface area (Å²) in [6.07, 6.45) is 2.75. The van der Waals surface area contributed by atoms with Gasteiger partial charge in [-0.25, -0.2) is 0 Å². The average molecular weight is 122 g/mol. The summed E-state index contributed by atoms with van der Waals surface area (Å²) in [6.45, 7) is 8.83. The van der Waals surface area contributed by atoms with Crippen LogP contribution in [0.5, 0.6) is 0 Å². The monoisotopic (exact) mass is 122 g/mol. The highest BCUT2D eigenvalue weighted by molar-refractivity contribution is 5.23. The van der Waals surface area contributed by atoms with E-state index in [1.165, 1.54) is 18.4 Å². The molecule has 3 rings (SSSR count). The maximum Gasteiger partial charge on any atom is -0.0149 e. The Balaban J connectivity index is 2.31. The van der Waals surface area contributed by atoms with E-state index < -0.39 is 0 Å². The van der Waals surface area contributed by atoms with Crippen LogP contribution in [-0.2, 0) is 0 Å². The second-order valence-corrected chi connectivity index (χ2v) is 4.17. The minimum Gasteiger partial charge on any atom is -0.0995 e. The van der Waals surface area contributed by atoms with Crippen molar-refractivity contribution in [2.75, 3.05) is 0 Å². The van der Waals surface area contributed by atoms with Crippen molar-refractivity contribution in [2.45, 2.75) is 26.7 Å². The summed E-state index contributed by atoms with van der Waals surface area (Å²) in [5.74, 6) is 1.86. The predicted molar refractivity (Wildman–Crippen MR) is 39.1 cm³/mol. The lowest BCUT2D eigenvalue weighted by atomic mass is 9.61. The zero-order valence-corrected chi connectivity index (χ0v) is 6.28. The van der Waals surface area contributed by atoms with Crippen molar-refractivity contribution in [2.24, 2.45) is 17.3 Å². The van der Waals surface area contributed by atoms with Gasteiger partial charge in [-0.3, -0.25) is 0 Å². The second-order valence-electron chi connectivity index (χ2n) is 4.17.